The minimum atomic E-state index is 0.315. The molecule has 4 nitrogen and oxygen atoms in total. The van der Waals surface area contributed by atoms with Crippen molar-refractivity contribution in [3.05, 3.63) is 0 Å². The molecule has 2 heterocycles. The summed E-state index contributed by atoms with van der Waals surface area (Å²) in [6.07, 6.45) is 3.08. The Hall–Kier alpha value is -0.160. The molecule has 3 rings (SSSR count). The minimum absolute atomic E-state index is 0.315. The molecule has 4 atom stereocenters. The molecular weight excluding hydrogens is 252 g/mol. The van der Waals surface area contributed by atoms with Gasteiger partial charge in [-0.25, -0.2) is 0 Å². The first-order chi connectivity index (χ1) is 9.63. The van der Waals surface area contributed by atoms with E-state index >= 15 is 0 Å². The zero-order chi connectivity index (χ0) is 14.2. The Balaban J connectivity index is 1.42. The molecule has 116 valence electrons. The van der Waals surface area contributed by atoms with Crippen LogP contribution in [0.2, 0.25) is 0 Å². The Morgan fingerprint density at radius 1 is 1.35 bits per heavy atom. The average Bonchev–Trinajstić information content (AvgIpc) is 3.04. The van der Waals surface area contributed by atoms with Gasteiger partial charge in [0.15, 0.2) is 0 Å². The maximum atomic E-state index is 5.87. The van der Waals surface area contributed by atoms with Gasteiger partial charge in [0, 0.05) is 44.2 Å². The highest BCUT2D eigenvalue weighted by atomic mass is 16.5. The highest BCUT2D eigenvalue weighted by Gasteiger charge is 2.58. The second-order valence-corrected chi connectivity index (χ2v) is 7.40. The maximum absolute atomic E-state index is 5.87. The summed E-state index contributed by atoms with van der Waals surface area (Å²) in [5.74, 6) is 1.57. The molecule has 1 saturated carbocycles. The van der Waals surface area contributed by atoms with Gasteiger partial charge >= 0.3 is 0 Å². The molecule has 0 spiro atoms. The Morgan fingerprint density at radius 3 is 3.00 bits per heavy atom. The van der Waals surface area contributed by atoms with Gasteiger partial charge in [-0.3, -0.25) is 0 Å². The topological polar surface area (TPSA) is 33.7 Å². The molecule has 2 aliphatic heterocycles. The molecule has 4 heteroatoms. The second-order valence-electron chi connectivity index (χ2n) is 7.40. The lowest BCUT2D eigenvalue weighted by Gasteiger charge is -2.55. The van der Waals surface area contributed by atoms with E-state index in [1.807, 2.05) is 0 Å². The Kier molecular flexibility index (Phi) is 4.37. The quantitative estimate of drug-likeness (QED) is 0.797. The van der Waals surface area contributed by atoms with Crippen LogP contribution in [0.5, 0.6) is 0 Å². The largest absolute Gasteiger partial charge is 0.383 e. The molecule has 3 fully saturated rings. The van der Waals surface area contributed by atoms with Crippen LogP contribution in [0, 0.1) is 17.3 Å². The summed E-state index contributed by atoms with van der Waals surface area (Å²) in [6, 6.07) is 0.656. The fourth-order valence-corrected chi connectivity index (χ4v) is 4.54. The third-order valence-corrected chi connectivity index (χ3v) is 5.71. The van der Waals surface area contributed by atoms with E-state index in [4.69, 9.17) is 9.47 Å². The number of methoxy groups -OCH3 is 1. The molecule has 0 radical (unpaired) electrons. The van der Waals surface area contributed by atoms with Crippen LogP contribution in [0.15, 0.2) is 0 Å². The van der Waals surface area contributed by atoms with Crippen LogP contribution < -0.4 is 5.32 Å². The number of likely N-dealkylation sites (tertiary alicyclic amines) is 1. The van der Waals surface area contributed by atoms with E-state index in [1.54, 1.807) is 7.11 Å². The number of nitrogens with one attached hydrogen (secondary N) is 1. The predicted molar refractivity (Wildman–Crippen MR) is 79.8 cm³/mol. The monoisotopic (exact) mass is 282 g/mol. The van der Waals surface area contributed by atoms with Crippen molar-refractivity contribution < 1.29 is 9.47 Å². The van der Waals surface area contributed by atoms with Gasteiger partial charge in [0.1, 0.15) is 0 Å². The highest BCUT2D eigenvalue weighted by Crippen LogP contribution is 2.52. The van der Waals surface area contributed by atoms with E-state index in [-0.39, 0.29) is 0 Å². The fraction of sp³-hybridized carbons (Fsp3) is 1.00. The molecule has 0 aromatic rings. The van der Waals surface area contributed by atoms with E-state index in [0.717, 1.165) is 31.6 Å². The molecule has 1 aliphatic carbocycles. The summed E-state index contributed by atoms with van der Waals surface area (Å²) in [5.41, 5.74) is 0.315. The summed E-state index contributed by atoms with van der Waals surface area (Å²) in [5, 5.41) is 3.86. The van der Waals surface area contributed by atoms with Crippen LogP contribution in [-0.4, -0.2) is 63.5 Å². The van der Waals surface area contributed by atoms with Crippen molar-refractivity contribution in [1.82, 2.24) is 10.2 Å². The average molecular weight is 282 g/mol. The summed E-state index contributed by atoms with van der Waals surface area (Å²) in [7, 11) is 1.79. The lowest BCUT2D eigenvalue weighted by atomic mass is 9.57. The van der Waals surface area contributed by atoms with Crippen molar-refractivity contribution in [2.45, 2.75) is 38.8 Å². The van der Waals surface area contributed by atoms with E-state index in [2.05, 4.69) is 24.1 Å². The number of hydrogen-bond donors (Lipinski definition) is 1. The van der Waals surface area contributed by atoms with Crippen molar-refractivity contribution in [2.24, 2.45) is 17.3 Å². The van der Waals surface area contributed by atoms with Crippen LogP contribution in [-0.2, 0) is 9.47 Å². The number of fused-ring (bicyclic) bond motifs is 1. The summed E-state index contributed by atoms with van der Waals surface area (Å²) in [6.45, 7) is 11.3. The lowest BCUT2D eigenvalue weighted by molar-refractivity contribution is -0.113. The van der Waals surface area contributed by atoms with E-state index in [0.29, 0.717) is 17.6 Å². The first kappa shape index (κ1) is 14.8. The van der Waals surface area contributed by atoms with Crippen molar-refractivity contribution in [2.75, 3.05) is 46.5 Å². The predicted octanol–water partition coefficient (Wildman–Crippen LogP) is 1.36. The first-order valence-electron chi connectivity index (χ1n) is 8.19. The van der Waals surface area contributed by atoms with Crippen LogP contribution in [0.4, 0.5) is 0 Å². The fourth-order valence-electron chi connectivity index (χ4n) is 4.54. The highest BCUT2D eigenvalue weighted by molar-refractivity contribution is 5.11. The minimum Gasteiger partial charge on any atom is -0.383 e. The summed E-state index contributed by atoms with van der Waals surface area (Å²) >= 11 is 0. The second kappa shape index (κ2) is 5.91. The molecule has 0 bridgehead atoms. The normalized spacial score (nSPS) is 39.8. The maximum Gasteiger partial charge on any atom is 0.0685 e. The Morgan fingerprint density at radius 2 is 2.20 bits per heavy atom. The lowest BCUT2D eigenvalue weighted by Crippen LogP contribution is -2.66. The SMILES string of the molecule is COCCN1CC[C@H](CN[C@@H]2[C@H]3CCO[C@@H]3C2(C)C)C1. The van der Waals surface area contributed by atoms with Gasteiger partial charge in [-0.2, -0.15) is 0 Å². The molecule has 1 N–H and O–H groups in total. The van der Waals surface area contributed by atoms with Crippen molar-refractivity contribution in [3.8, 4) is 0 Å². The molecule has 0 aromatic carbocycles. The van der Waals surface area contributed by atoms with Gasteiger partial charge in [0.25, 0.3) is 0 Å². The third-order valence-electron chi connectivity index (χ3n) is 5.71. The molecule has 0 unspecified atom stereocenters. The van der Waals surface area contributed by atoms with E-state index < -0.39 is 0 Å². The number of nitrogens with zero attached hydrogens (tertiary/aromatic N) is 1. The molecular formula is C16H30N2O2. The zero-order valence-electron chi connectivity index (χ0n) is 13.2. The molecule has 0 amide bonds. The number of rotatable bonds is 6. The Labute approximate surface area is 123 Å². The van der Waals surface area contributed by atoms with Gasteiger partial charge in [0.2, 0.25) is 0 Å². The molecule has 0 aromatic heterocycles. The van der Waals surface area contributed by atoms with Gasteiger partial charge in [0.05, 0.1) is 12.7 Å². The number of ether oxygens (including phenoxy) is 2. The van der Waals surface area contributed by atoms with Crippen LogP contribution >= 0.6 is 0 Å². The van der Waals surface area contributed by atoms with Crippen molar-refractivity contribution in [1.29, 1.82) is 0 Å². The van der Waals surface area contributed by atoms with Crippen LogP contribution in [0.1, 0.15) is 26.7 Å². The van der Waals surface area contributed by atoms with Crippen molar-refractivity contribution >= 4 is 0 Å². The van der Waals surface area contributed by atoms with E-state index in [1.165, 1.54) is 32.5 Å². The van der Waals surface area contributed by atoms with Crippen molar-refractivity contribution in [3.63, 3.8) is 0 Å². The van der Waals surface area contributed by atoms with Gasteiger partial charge in [-0.05, 0) is 31.8 Å². The smallest absolute Gasteiger partial charge is 0.0685 e. The summed E-state index contributed by atoms with van der Waals surface area (Å²) in [4.78, 5) is 2.53. The van der Waals surface area contributed by atoms with Gasteiger partial charge < -0.3 is 19.7 Å². The van der Waals surface area contributed by atoms with E-state index in [9.17, 15) is 0 Å². The standard InChI is InChI=1S/C16H30N2O2/c1-16(2)14(13-5-8-20-15(13)16)17-10-12-4-6-18(11-12)7-9-19-3/h12-15,17H,4-11H2,1-3H3/t12-,13-,14-,15+/m1/s1. The molecule has 3 aliphatic rings. The van der Waals surface area contributed by atoms with Gasteiger partial charge in [-0.15, -0.1) is 0 Å². The van der Waals surface area contributed by atoms with Gasteiger partial charge in [-0.1, -0.05) is 13.8 Å². The number of hydrogen-bond acceptors (Lipinski definition) is 4. The first-order valence-corrected chi connectivity index (χ1v) is 8.19. The van der Waals surface area contributed by atoms with Crippen LogP contribution in [0.25, 0.3) is 0 Å². The third kappa shape index (κ3) is 2.63. The molecule has 2 saturated heterocycles. The van der Waals surface area contributed by atoms with Crippen LogP contribution in [0.3, 0.4) is 0 Å². The summed E-state index contributed by atoms with van der Waals surface area (Å²) < 4.78 is 11.0. The molecule has 20 heavy (non-hydrogen) atoms. The Bertz CT molecular complexity index is 334. The zero-order valence-corrected chi connectivity index (χ0v) is 13.2.